The van der Waals surface area contributed by atoms with Crippen LogP contribution in [0, 0.1) is 0 Å². The van der Waals surface area contributed by atoms with Crippen molar-refractivity contribution >= 4 is 17.7 Å². The maximum Gasteiger partial charge on any atom is 0.306 e. The van der Waals surface area contributed by atoms with Crippen molar-refractivity contribution in [3.8, 4) is 0 Å². The maximum atomic E-state index is 10.9. The Bertz CT molecular complexity index is 269. The number of ether oxygens (including phenoxy) is 1. The fraction of sp³-hybridized carbons (Fsp3) is 0.500. The SMILES string of the molecule is COC(=O)CC(C)SCc1ccoc1. The first-order chi connectivity index (χ1) is 6.72. The van der Waals surface area contributed by atoms with E-state index in [1.165, 1.54) is 7.11 Å². The van der Waals surface area contributed by atoms with E-state index in [2.05, 4.69) is 4.74 Å². The zero-order valence-electron chi connectivity index (χ0n) is 8.36. The van der Waals surface area contributed by atoms with Gasteiger partial charge in [-0.2, -0.15) is 11.8 Å². The van der Waals surface area contributed by atoms with Gasteiger partial charge in [-0.25, -0.2) is 0 Å². The van der Waals surface area contributed by atoms with Crippen LogP contribution in [0.1, 0.15) is 18.9 Å². The molecule has 0 aromatic carbocycles. The molecule has 0 saturated carbocycles. The molecule has 1 aromatic rings. The van der Waals surface area contributed by atoms with E-state index in [0.717, 1.165) is 11.3 Å². The highest BCUT2D eigenvalue weighted by molar-refractivity contribution is 7.99. The minimum absolute atomic E-state index is 0.155. The van der Waals surface area contributed by atoms with Crippen molar-refractivity contribution < 1.29 is 13.9 Å². The lowest BCUT2D eigenvalue weighted by Gasteiger charge is -2.08. The second kappa shape index (κ2) is 5.75. The van der Waals surface area contributed by atoms with Gasteiger partial charge in [0.1, 0.15) is 0 Å². The van der Waals surface area contributed by atoms with Gasteiger partial charge in [-0.15, -0.1) is 0 Å². The van der Waals surface area contributed by atoms with Crippen molar-refractivity contribution in [2.24, 2.45) is 0 Å². The normalized spacial score (nSPS) is 12.4. The third-order valence-electron chi connectivity index (χ3n) is 1.80. The molecule has 1 rings (SSSR count). The molecule has 0 saturated heterocycles. The zero-order chi connectivity index (χ0) is 10.4. The molecule has 0 aliphatic carbocycles. The van der Waals surface area contributed by atoms with Gasteiger partial charge in [0.15, 0.2) is 0 Å². The Morgan fingerprint density at radius 2 is 2.50 bits per heavy atom. The smallest absolute Gasteiger partial charge is 0.306 e. The molecule has 3 nitrogen and oxygen atoms in total. The van der Waals surface area contributed by atoms with Crippen LogP contribution < -0.4 is 0 Å². The van der Waals surface area contributed by atoms with Crippen molar-refractivity contribution in [1.82, 2.24) is 0 Å². The minimum atomic E-state index is -0.155. The van der Waals surface area contributed by atoms with Gasteiger partial charge in [0, 0.05) is 16.6 Å². The third kappa shape index (κ3) is 3.87. The first kappa shape index (κ1) is 11.2. The fourth-order valence-electron chi connectivity index (χ4n) is 0.990. The molecular weight excluding hydrogens is 200 g/mol. The topological polar surface area (TPSA) is 39.4 Å². The highest BCUT2D eigenvalue weighted by atomic mass is 32.2. The standard InChI is InChI=1S/C10H14O3S/c1-8(5-10(11)12-2)14-7-9-3-4-13-6-9/h3-4,6,8H,5,7H2,1-2H3. The highest BCUT2D eigenvalue weighted by Crippen LogP contribution is 2.20. The molecule has 0 aliphatic rings. The summed E-state index contributed by atoms with van der Waals surface area (Å²) in [6, 6.07) is 1.93. The Hall–Kier alpha value is -0.900. The quantitative estimate of drug-likeness (QED) is 0.706. The van der Waals surface area contributed by atoms with E-state index in [1.807, 2.05) is 13.0 Å². The van der Waals surface area contributed by atoms with Crippen LogP contribution in [0.4, 0.5) is 0 Å². The molecule has 1 heterocycles. The molecule has 1 unspecified atom stereocenters. The van der Waals surface area contributed by atoms with Gasteiger partial charge in [0.05, 0.1) is 26.1 Å². The van der Waals surface area contributed by atoms with E-state index in [0.29, 0.717) is 6.42 Å². The number of furan rings is 1. The second-order valence-corrected chi connectivity index (χ2v) is 4.46. The summed E-state index contributed by atoms with van der Waals surface area (Å²) < 4.78 is 9.53. The lowest BCUT2D eigenvalue weighted by Crippen LogP contribution is -2.08. The summed E-state index contributed by atoms with van der Waals surface area (Å²) in [5.74, 6) is 0.714. The van der Waals surface area contributed by atoms with Crippen LogP contribution in [-0.4, -0.2) is 18.3 Å². The molecule has 0 N–H and O–H groups in total. The van der Waals surface area contributed by atoms with Crippen LogP contribution >= 0.6 is 11.8 Å². The van der Waals surface area contributed by atoms with Gasteiger partial charge in [0.2, 0.25) is 0 Å². The Morgan fingerprint density at radius 3 is 3.07 bits per heavy atom. The van der Waals surface area contributed by atoms with Gasteiger partial charge < -0.3 is 9.15 Å². The summed E-state index contributed by atoms with van der Waals surface area (Å²) in [7, 11) is 1.41. The van der Waals surface area contributed by atoms with Crippen LogP contribution in [0.3, 0.4) is 0 Å². The Balaban J connectivity index is 2.21. The Labute approximate surface area is 87.8 Å². The van der Waals surface area contributed by atoms with Crippen molar-refractivity contribution in [1.29, 1.82) is 0 Å². The average molecular weight is 214 g/mol. The predicted molar refractivity (Wildman–Crippen MR) is 56.1 cm³/mol. The van der Waals surface area contributed by atoms with Gasteiger partial charge in [0.25, 0.3) is 0 Å². The van der Waals surface area contributed by atoms with Crippen molar-refractivity contribution in [2.75, 3.05) is 7.11 Å². The lowest BCUT2D eigenvalue weighted by atomic mass is 10.3. The summed E-state index contributed by atoms with van der Waals surface area (Å²) in [6.45, 7) is 2.02. The molecule has 1 atom stereocenters. The van der Waals surface area contributed by atoms with Crippen LogP contribution in [0.2, 0.25) is 0 Å². The van der Waals surface area contributed by atoms with E-state index < -0.39 is 0 Å². The van der Waals surface area contributed by atoms with Gasteiger partial charge in [-0.3, -0.25) is 4.79 Å². The Morgan fingerprint density at radius 1 is 1.71 bits per heavy atom. The van der Waals surface area contributed by atoms with E-state index in [-0.39, 0.29) is 11.2 Å². The zero-order valence-corrected chi connectivity index (χ0v) is 9.17. The summed E-state index contributed by atoms with van der Waals surface area (Å²) in [5.41, 5.74) is 1.15. The first-order valence-corrected chi connectivity index (χ1v) is 5.46. The summed E-state index contributed by atoms with van der Waals surface area (Å²) in [4.78, 5) is 10.9. The fourth-order valence-corrected chi connectivity index (χ4v) is 1.89. The number of thioether (sulfide) groups is 1. The number of hydrogen-bond acceptors (Lipinski definition) is 4. The number of carbonyl (C=O) groups is 1. The van der Waals surface area contributed by atoms with E-state index >= 15 is 0 Å². The number of rotatable bonds is 5. The van der Waals surface area contributed by atoms with Crippen molar-refractivity contribution in [2.45, 2.75) is 24.3 Å². The lowest BCUT2D eigenvalue weighted by molar-refractivity contribution is -0.140. The Kier molecular flexibility index (Phi) is 4.59. The molecule has 0 bridgehead atoms. The molecule has 1 aromatic heterocycles. The third-order valence-corrected chi connectivity index (χ3v) is 3.03. The molecule has 0 amide bonds. The summed E-state index contributed by atoms with van der Waals surface area (Å²) in [5, 5.41) is 0.275. The summed E-state index contributed by atoms with van der Waals surface area (Å²) >= 11 is 1.72. The van der Waals surface area contributed by atoms with E-state index in [9.17, 15) is 4.79 Å². The molecule has 4 heteroatoms. The molecule has 14 heavy (non-hydrogen) atoms. The largest absolute Gasteiger partial charge is 0.472 e. The van der Waals surface area contributed by atoms with Gasteiger partial charge in [-0.05, 0) is 6.07 Å². The first-order valence-electron chi connectivity index (χ1n) is 4.42. The minimum Gasteiger partial charge on any atom is -0.472 e. The van der Waals surface area contributed by atoms with Crippen LogP contribution in [0.25, 0.3) is 0 Å². The maximum absolute atomic E-state index is 10.9. The van der Waals surface area contributed by atoms with Crippen molar-refractivity contribution in [3.63, 3.8) is 0 Å². The number of esters is 1. The van der Waals surface area contributed by atoms with Gasteiger partial charge >= 0.3 is 5.97 Å². The van der Waals surface area contributed by atoms with Crippen molar-refractivity contribution in [3.05, 3.63) is 24.2 Å². The van der Waals surface area contributed by atoms with Crippen LogP contribution in [-0.2, 0) is 15.3 Å². The van der Waals surface area contributed by atoms with Crippen LogP contribution in [0.5, 0.6) is 0 Å². The van der Waals surface area contributed by atoms with E-state index in [1.54, 1.807) is 24.3 Å². The number of carbonyl (C=O) groups excluding carboxylic acids is 1. The average Bonchev–Trinajstić information content (AvgIpc) is 2.67. The molecule has 0 radical (unpaired) electrons. The summed E-state index contributed by atoms with van der Waals surface area (Å²) in [6.07, 6.45) is 3.83. The molecule has 0 fully saturated rings. The van der Waals surface area contributed by atoms with Gasteiger partial charge in [-0.1, -0.05) is 6.92 Å². The van der Waals surface area contributed by atoms with E-state index in [4.69, 9.17) is 4.42 Å². The number of hydrogen-bond donors (Lipinski definition) is 0. The monoisotopic (exact) mass is 214 g/mol. The molecule has 0 aliphatic heterocycles. The molecular formula is C10H14O3S. The molecule has 78 valence electrons. The number of methoxy groups -OCH3 is 1. The molecule has 0 spiro atoms. The van der Waals surface area contributed by atoms with Crippen LogP contribution in [0.15, 0.2) is 23.0 Å². The predicted octanol–water partition coefficient (Wildman–Crippen LogP) is 2.46. The highest BCUT2D eigenvalue weighted by Gasteiger charge is 2.09. The second-order valence-electron chi connectivity index (χ2n) is 3.03.